The van der Waals surface area contributed by atoms with Crippen molar-refractivity contribution in [3.05, 3.63) is 42.5 Å². The smallest absolute Gasteiger partial charge is 0.165 e. The molecule has 3 rings (SSSR count). The van der Waals surface area contributed by atoms with Crippen LogP contribution in [0.25, 0.3) is 11.2 Å². The second kappa shape index (κ2) is 6.43. The van der Waals surface area contributed by atoms with Crippen molar-refractivity contribution < 1.29 is 4.74 Å². The van der Waals surface area contributed by atoms with Crippen LogP contribution in [0.3, 0.4) is 0 Å². The zero-order valence-electron chi connectivity index (χ0n) is 12.8. The van der Waals surface area contributed by atoms with Gasteiger partial charge in [0, 0.05) is 13.1 Å². The average Bonchev–Trinajstić information content (AvgIpc) is 2.99. The maximum absolute atomic E-state index is 5.37. The number of nitrogens with one attached hydrogen (secondary N) is 1. The first-order chi connectivity index (χ1) is 10.8. The Balaban J connectivity index is 1.73. The highest BCUT2D eigenvalue weighted by Gasteiger charge is 2.09. The van der Waals surface area contributed by atoms with Crippen molar-refractivity contribution in [3.63, 3.8) is 0 Å². The van der Waals surface area contributed by atoms with Crippen molar-refractivity contribution in [1.29, 1.82) is 0 Å². The van der Waals surface area contributed by atoms with E-state index in [-0.39, 0.29) is 0 Å². The third-order valence-corrected chi connectivity index (χ3v) is 3.62. The predicted octanol–water partition coefficient (Wildman–Crippen LogP) is 2.51. The molecular formula is C16H19N5O. The van der Waals surface area contributed by atoms with Gasteiger partial charge in [-0.3, -0.25) is 0 Å². The molecule has 0 radical (unpaired) electrons. The molecule has 0 unspecified atom stereocenters. The highest BCUT2D eigenvalue weighted by atomic mass is 16.5. The van der Waals surface area contributed by atoms with E-state index in [1.54, 1.807) is 19.8 Å². The molecule has 22 heavy (non-hydrogen) atoms. The zero-order chi connectivity index (χ0) is 15.4. The lowest BCUT2D eigenvalue weighted by Gasteiger charge is -2.09. The molecule has 0 fully saturated rings. The first-order valence-electron chi connectivity index (χ1n) is 7.35. The molecule has 0 bridgehead atoms. The SMILES string of the molecule is CCn1cnc2c(NCCc3ccccc3OC)ncnc21. The van der Waals surface area contributed by atoms with Gasteiger partial charge in [0.1, 0.15) is 17.6 Å². The summed E-state index contributed by atoms with van der Waals surface area (Å²) in [7, 11) is 1.69. The molecule has 2 aromatic heterocycles. The molecule has 0 saturated heterocycles. The highest BCUT2D eigenvalue weighted by molar-refractivity contribution is 5.82. The van der Waals surface area contributed by atoms with Gasteiger partial charge in [0.2, 0.25) is 0 Å². The van der Waals surface area contributed by atoms with Crippen LogP contribution in [0.4, 0.5) is 5.82 Å². The van der Waals surface area contributed by atoms with Crippen molar-refractivity contribution >= 4 is 17.0 Å². The zero-order valence-corrected chi connectivity index (χ0v) is 12.8. The Labute approximate surface area is 129 Å². The van der Waals surface area contributed by atoms with Gasteiger partial charge >= 0.3 is 0 Å². The van der Waals surface area contributed by atoms with E-state index in [9.17, 15) is 0 Å². The number of ether oxygens (including phenoxy) is 1. The number of hydrogen-bond acceptors (Lipinski definition) is 5. The Morgan fingerprint density at radius 3 is 2.86 bits per heavy atom. The van der Waals surface area contributed by atoms with Crippen molar-refractivity contribution in [2.45, 2.75) is 19.9 Å². The van der Waals surface area contributed by atoms with Crippen LogP contribution in [0.15, 0.2) is 36.9 Å². The van der Waals surface area contributed by atoms with Crippen LogP contribution >= 0.6 is 0 Å². The number of benzene rings is 1. The van der Waals surface area contributed by atoms with Crippen LogP contribution in [-0.2, 0) is 13.0 Å². The molecule has 0 aliphatic rings. The summed E-state index contributed by atoms with van der Waals surface area (Å²) in [6, 6.07) is 8.04. The molecule has 6 heteroatoms. The van der Waals surface area contributed by atoms with Crippen LogP contribution in [0, 0.1) is 0 Å². The van der Waals surface area contributed by atoms with Gasteiger partial charge in [0.05, 0.1) is 13.4 Å². The molecule has 0 saturated carbocycles. The summed E-state index contributed by atoms with van der Waals surface area (Å²) >= 11 is 0. The monoisotopic (exact) mass is 297 g/mol. The number of hydrogen-bond donors (Lipinski definition) is 1. The van der Waals surface area contributed by atoms with E-state index in [4.69, 9.17) is 4.74 Å². The Morgan fingerprint density at radius 2 is 2.05 bits per heavy atom. The fourth-order valence-electron chi connectivity index (χ4n) is 2.47. The molecule has 1 N–H and O–H groups in total. The molecule has 2 heterocycles. The summed E-state index contributed by atoms with van der Waals surface area (Å²) in [4.78, 5) is 13.0. The van der Waals surface area contributed by atoms with E-state index in [0.29, 0.717) is 0 Å². The lowest BCUT2D eigenvalue weighted by molar-refractivity contribution is 0.410. The van der Waals surface area contributed by atoms with E-state index < -0.39 is 0 Å². The average molecular weight is 297 g/mol. The Morgan fingerprint density at radius 1 is 1.18 bits per heavy atom. The summed E-state index contributed by atoms with van der Waals surface area (Å²) in [5.74, 6) is 1.68. The summed E-state index contributed by atoms with van der Waals surface area (Å²) in [5, 5.41) is 3.34. The van der Waals surface area contributed by atoms with Crippen LogP contribution in [0.5, 0.6) is 5.75 Å². The predicted molar refractivity (Wildman–Crippen MR) is 86.2 cm³/mol. The number of rotatable bonds is 6. The normalized spacial score (nSPS) is 10.8. The number of aromatic nitrogens is 4. The summed E-state index contributed by atoms with van der Waals surface area (Å²) < 4.78 is 7.37. The molecular weight excluding hydrogens is 278 g/mol. The van der Waals surface area contributed by atoms with Gasteiger partial charge in [-0.1, -0.05) is 18.2 Å². The number of nitrogens with zero attached hydrogens (tertiary/aromatic N) is 4. The number of imidazole rings is 1. The van der Waals surface area contributed by atoms with E-state index in [1.165, 1.54) is 5.56 Å². The molecule has 1 aromatic carbocycles. The first-order valence-corrected chi connectivity index (χ1v) is 7.35. The quantitative estimate of drug-likeness (QED) is 0.757. The second-order valence-corrected chi connectivity index (χ2v) is 4.91. The van der Waals surface area contributed by atoms with Crippen LogP contribution in [0.1, 0.15) is 12.5 Å². The molecule has 6 nitrogen and oxygen atoms in total. The van der Waals surface area contributed by atoms with Gasteiger partial charge in [-0.05, 0) is 25.0 Å². The highest BCUT2D eigenvalue weighted by Crippen LogP contribution is 2.19. The minimum absolute atomic E-state index is 0.755. The first kappa shape index (κ1) is 14.3. The largest absolute Gasteiger partial charge is 0.496 e. The Hall–Kier alpha value is -2.63. The third-order valence-electron chi connectivity index (χ3n) is 3.62. The summed E-state index contributed by atoms with van der Waals surface area (Å²) in [5.41, 5.74) is 2.84. The fraction of sp³-hybridized carbons (Fsp3) is 0.312. The van der Waals surface area contributed by atoms with E-state index in [0.717, 1.165) is 42.2 Å². The topological polar surface area (TPSA) is 64.9 Å². The van der Waals surface area contributed by atoms with Gasteiger partial charge in [-0.2, -0.15) is 0 Å². The maximum atomic E-state index is 5.37. The number of para-hydroxylation sites is 1. The van der Waals surface area contributed by atoms with Gasteiger partial charge in [-0.15, -0.1) is 0 Å². The number of fused-ring (bicyclic) bond motifs is 1. The minimum Gasteiger partial charge on any atom is -0.496 e. The molecule has 3 aromatic rings. The van der Waals surface area contributed by atoms with Crippen LogP contribution in [-0.4, -0.2) is 33.2 Å². The van der Waals surface area contributed by atoms with Crippen LogP contribution < -0.4 is 10.1 Å². The lowest BCUT2D eigenvalue weighted by Crippen LogP contribution is -2.08. The molecule has 0 aliphatic carbocycles. The minimum atomic E-state index is 0.755. The maximum Gasteiger partial charge on any atom is 0.165 e. The fourth-order valence-corrected chi connectivity index (χ4v) is 2.47. The van der Waals surface area contributed by atoms with Crippen molar-refractivity contribution in [3.8, 4) is 5.75 Å². The Kier molecular flexibility index (Phi) is 4.18. The van der Waals surface area contributed by atoms with E-state index in [2.05, 4.69) is 33.3 Å². The Bertz CT molecular complexity index is 768. The molecule has 0 atom stereocenters. The third kappa shape index (κ3) is 2.72. The van der Waals surface area contributed by atoms with Crippen molar-refractivity contribution in [1.82, 2.24) is 19.5 Å². The van der Waals surface area contributed by atoms with Crippen molar-refractivity contribution in [2.24, 2.45) is 0 Å². The van der Waals surface area contributed by atoms with E-state index >= 15 is 0 Å². The molecule has 114 valence electrons. The number of anilines is 1. The molecule has 0 spiro atoms. The van der Waals surface area contributed by atoms with Gasteiger partial charge in [0.25, 0.3) is 0 Å². The van der Waals surface area contributed by atoms with Gasteiger partial charge in [0.15, 0.2) is 11.5 Å². The van der Waals surface area contributed by atoms with Gasteiger partial charge in [-0.25, -0.2) is 15.0 Å². The number of methoxy groups -OCH3 is 1. The molecule has 0 aliphatic heterocycles. The van der Waals surface area contributed by atoms with Crippen molar-refractivity contribution in [2.75, 3.05) is 19.0 Å². The standard InChI is InChI=1S/C16H19N5O/c1-3-21-11-20-14-15(18-10-19-16(14)21)17-9-8-12-6-4-5-7-13(12)22-2/h4-7,10-11H,3,8-9H2,1-2H3,(H,17,18,19). The second-order valence-electron chi connectivity index (χ2n) is 4.91. The van der Waals surface area contributed by atoms with Crippen LogP contribution in [0.2, 0.25) is 0 Å². The summed E-state index contributed by atoms with van der Waals surface area (Å²) in [6.07, 6.45) is 4.22. The summed E-state index contributed by atoms with van der Waals surface area (Å²) in [6.45, 7) is 3.66. The van der Waals surface area contributed by atoms with E-state index in [1.807, 2.05) is 22.8 Å². The van der Waals surface area contributed by atoms with Gasteiger partial charge < -0.3 is 14.6 Å². The molecule has 0 amide bonds. The lowest BCUT2D eigenvalue weighted by atomic mass is 10.1. The number of aryl methyl sites for hydroxylation is 1.